The Morgan fingerprint density at radius 3 is 2.19 bits per heavy atom. The zero-order valence-electron chi connectivity index (χ0n) is 15.3. The molecule has 0 aromatic rings. The average Bonchev–Trinajstić information content (AvgIpc) is 2.90. The Hall–Kier alpha value is 0.590. The van der Waals surface area contributed by atoms with Crippen molar-refractivity contribution in [1.29, 1.82) is 0 Å². The summed E-state index contributed by atoms with van der Waals surface area (Å²) >= 11 is 0. The minimum Gasteiger partial charge on any atom is -0.394 e. The lowest BCUT2D eigenvalue weighted by Gasteiger charge is -2.39. The number of ether oxygens (including phenoxy) is 2. The van der Waals surface area contributed by atoms with Crippen LogP contribution in [0.4, 0.5) is 0 Å². The van der Waals surface area contributed by atoms with Gasteiger partial charge >= 0.3 is 0 Å². The Bertz CT molecular complexity index is 373. The number of aliphatic hydroxyl groups is 2. The maximum Gasteiger partial charge on any atom is 0.109 e. The molecule has 0 bridgehead atoms. The zero-order chi connectivity index (χ0) is 16.2. The van der Waals surface area contributed by atoms with Crippen LogP contribution in [0, 0.1) is 0 Å². The van der Waals surface area contributed by atoms with E-state index in [1.54, 1.807) is 0 Å². The molecule has 0 saturated carbocycles. The van der Waals surface area contributed by atoms with Crippen LogP contribution in [-0.4, -0.2) is 110 Å². The van der Waals surface area contributed by atoms with E-state index < -0.39 is 12.2 Å². The molecule has 3 N–H and O–H groups in total. The lowest BCUT2D eigenvalue weighted by molar-refractivity contribution is -0.0230. The smallest absolute Gasteiger partial charge is 0.109 e. The third-order valence-corrected chi connectivity index (χ3v) is 5.43. The van der Waals surface area contributed by atoms with Gasteiger partial charge in [-0.2, -0.15) is 0 Å². The molecule has 10 heteroatoms. The first-order valence-electron chi connectivity index (χ1n) is 8.87. The Morgan fingerprint density at radius 2 is 1.62 bits per heavy atom. The molecule has 158 valence electrons. The molecule has 4 atom stereocenters. The van der Waals surface area contributed by atoms with Gasteiger partial charge in [0.15, 0.2) is 0 Å². The predicted molar refractivity (Wildman–Crippen MR) is 108 cm³/mol. The van der Waals surface area contributed by atoms with Gasteiger partial charge in [0, 0.05) is 52.0 Å². The Balaban J connectivity index is 0.00000208. The highest BCUT2D eigenvalue weighted by Crippen LogP contribution is 2.26. The van der Waals surface area contributed by atoms with Crippen molar-refractivity contribution in [2.24, 2.45) is 0 Å². The van der Waals surface area contributed by atoms with Crippen LogP contribution in [0.2, 0.25) is 0 Å². The van der Waals surface area contributed by atoms with E-state index >= 15 is 0 Å². The van der Waals surface area contributed by atoms with Gasteiger partial charge in [-0.15, -0.1) is 37.2 Å². The van der Waals surface area contributed by atoms with Crippen molar-refractivity contribution in [1.82, 2.24) is 15.1 Å². The molecule has 0 spiro atoms. The van der Waals surface area contributed by atoms with Crippen LogP contribution in [0.3, 0.4) is 0 Å². The number of hydrogen-bond acceptors (Lipinski definition) is 7. The lowest BCUT2D eigenvalue weighted by Crippen LogP contribution is -2.57. The molecule has 0 aliphatic carbocycles. The minimum atomic E-state index is -0.620. The minimum absolute atomic E-state index is 0. The van der Waals surface area contributed by atoms with E-state index in [0.717, 1.165) is 58.8 Å². The number of rotatable bonds is 5. The van der Waals surface area contributed by atoms with Gasteiger partial charge in [-0.1, -0.05) is 0 Å². The quantitative estimate of drug-likeness (QED) is 0.547. The van der Waals surface area contributed by atoms with Crippen LogP contribution in [0.5, 0.6) is 0 Å². The number of halogens is 3. The molecule has 26 heavy (non-hydrogen) atoms. The van der Waals surface area contributed by atoms with Crippen molar-refractivity contribution in [3.8, 4) is 0 Å². The number of likely N-dealkylation sites (N-methyl/N-ethyl adjacent to an activating group) is 1. The van der Waals surface area contributed by atoms with Crippen LogP contribution in [-0.2, 0) is 9.47 Å². The molecule has 7 nitrogen and oxygen atoms in total. The summed E-state index contributed by atoms with van der Waals surface area (Å²) in [6.07, 6.45) is 0.884. The molecule has 3 aliphatic heterocycles. The van der Waals surface area contributed by atoms with Crippen LogP contribution >= 0.6 is 37.2 Å². The number of aliphatic hydroxyl groups excluding tert-OH is 2. The molecule has 3 fully saturated rings. The van der Waals surface area contributed by atoms with E-state index in [-0.39, 0.29) is 56.0 Å². The predicted octanol–water partition coefficient (Wildman–Crippen LogP) is -0.243. The van der Waals surface area contributed by atoms with Crippen LogP contribution in [0.25, 0.3) is 0 Å². The van der Waals surface area contributed by atoms with Gasteiger partial charge in [-0.05, 0) is 19.9 Å². The van der Waals surface area contributed by atoms with Crippen LogP contribution in [0.1, 0.15) is 12.8 Å². The highest BCUT2D eigenvalue weighted by Gasteiger charge is 2.46. The summed E-state index contributed by atoms with van der Waals surface area (Å²) in [6, 6.07) is 0.430. The van der Waals surface area contributed by atoms with Gasteiger partial charge in [-0.3, -0.25) is 4.90 Å². The summed E-state index contributed by atoms with van der Waals surface area (Å²) in [6.45, 7) is 6.11. The molecule has 0 radical (unpaired) electrons. The molecular weight excluding hydrogens is 405 g/mol. The molecule has 3 saturated heterocycles. The Morgan fingerprint density at radius 1 is 1.00 bits per heavy atom. The van der Waals surface area contributed by atoms with Crippen molar-refractivity contribution in [3.05, 3.63) is 0 Å². The fraction of sp³-hybridized carbons (Fsp3) is 1.00. The first kappa shape index (κ1) is 26.6. The van der Waals surface area contributed by atoms with E-state index in [4.69, 9.17) is 9.47 Å². The van der Waals surface area contributed by atoms with Gasteiger partial charge in [-0.25, -0.2) is 0 Å². The Labute approximate surface area is 175 Å². The summed E-state index contributed by atoms with van der Waals surface area (Å²) in [5.74, 6) is 0. The van der Waals surface area contributed by atoms with Crippen LogP contribution in [0.15, 0.2) is 0 Å². The summed E-state index contributed by atoms with van der Waals surface area (Å²) in [5, 5.41) is 23.6. The molecule has 0 unspecified atom stereocenters. The van der Waals surface area contributed by atoms with Crippen LogP contribution < -0.4 is 5.32 Å². The second-order valence-electron chi connectivity index (χ2n) is 7.01. The average molecular weight is 439 g/mol. The van der Waals surface area contributed by atoms with Crippen molar-refractivity contribution < 1.29 is 19.7 Å². The summed E-state index contributed by atoms with van der Waals surface area (Å²) < 4.78 is 11.3. The molecule has 3 rings (SSSR count). The van der Waals surface area contributed by atoms with Gasteiger partial charge in [0.2, 0.25) is 0 Å². The van der Waals surface area contributed by atoms with E-state index in [0.29, 0.717) is 6.04 Å². The lowest BCUT2D eigenvalue weighted by atomic mass is 10.0. The van der Waals surface area contributed by atoms with Crippen molar-refractivity contribution >= 4 is 37.2 Å². The SMILES string of the molecule is CN1CCN([C@@H]2[C@H](O)[C@H](CO)O[C@@H]2CNC2CCOCC2)CC1.Cl.Cl.Cl. The molecular formula is C16H34Cl3N3O4. The topological polar surface area (TPSA) is 77.4 Å². The zero-order valence-corrected chi connectivity index (χ0v) is 17.7. The molecule has 0 amide bonds. The molecule has 0 aromatic carbocycles. The number of nitrogens with one attached hydrogen (secondary N) is 1. The Kier molecular flexibility index (Phi) is 13.2. The third-order valence-electron chi connectivity index (χ3n) is 5.43. The van der Waals surface area contributed by atoms with E-state index in [2.05, 4.69) is 22.2 Å². The van der Waals surface area contributed by atoms with Gasteiger partial charge < -0.3 is 29.9 Å². The molecule has 0 aromatic heterocycles. The van der Waals surface area contributed by atoms with E-state index in [1.807, 2.05) is 0 Å². The van der Waals surface area contributed by atoms with E-state index in [1.165, 1.54) is 0 Å². The number of nitrogens with zero attached hydrogens (tertiary/aromatic N) is 2. The fourth-order valence-corrected chi connectivity index (χ4v) is 3.90. The van der Waals surface area contributed by atoms with Gasteiger partial charge in [0.05, 0.1) is 18.8 Å². The maximum absolute atomic E-state index is 10.6. The normalized spacial score (nSPS) is 33.8. The standard InChI is InChI=1S/C16H31N3O4.3ClH/c1-18-4-6-19(7-5-18)15-13(23-14(11-20)16(15)21)10-17-12-2-8-22-9-3-12;;;/h12-17,20-21H,2-11H2,1H3;3*1H/t13-,14+,15+,16-;;;/m1.../s1. The maximum atomic E-state index is 10.6. The van der Waals surface area contributed by atoms with Crippen molar-refractivity contribution in [3.63, 3.8) is 0 Å². The first-order valence-corrected chi connectivity index (χ1v) is 8.87. The van der Waals surface area contributed by atoms with Crippen molar-refractivity contribution in [2.45, 2.75) is 43.2 Å². The van der Waals surface area contributed by atoms with Gasteiger partial charge in [0.25, 0.3) is 0 Å². The highest BCUT2D eigenvalue weighted by molar-refractivity contribution is 5.86. The van der Waals surface area contributed by atoms with E-state index in [9.17, 15) is 10.2 Å². The molecule has 3 aliphatic rings. The summed E-state index contributed by atoms with van der Waals surface area (Å²) in [7, 11) is 2.12. The summed E-state index contributed by atoms with van der Waals surface area (Å²) in [5.41, 5.74) is 0. The number of piperazine rings is 1. The highest BCUT2D eigenvalue weighted by atomic mass is 35.5. The largest absolute Gasteiger partial charge is 0.394 e. The monoisotopic (exact) mass is 437 g/mol. The molecule has 3 heterocycles. The van der Waals surface area contributed by atoms with Gasteiger partial charge in [0.1, 0.15) is 12.2 Å². The second-order valence-corrected chi connectivity index (χ2v) is 7.01. The van der Waals surface area contributed by atoms with Crippen molar-refractivity contribution in [2.75, 3.05) is 59.6 Å². The third kappa shape index (κ3) is 6.58. The fourth-order valence-electron chi connectivity index (χ4n) is 3.90. The summed E-state index contributed by atoms with van der Waals surface area (Å²) in [4.78, 5) is 4.63. The number of hydrogen-bond donors (Lipinski definition) is 3. The first-order chi connectivity index (χ1) is 11.2. The second kappa shape index (κ2) is 12.9.